The number of fused-ring (bicyclic) bond motifs is 1. The summed E-state index contributed by atoms with van der Waals surface area (Å²) in [6.45, 7) is 3.11. The van der Waals surface area contributed by atoms with Crippen LogP contribution >= 0.6 is 11.6 Å². The topological polar surface area (TPSA) is 26.3 Å². The molecule has 0 aliphatic carbocycles. The molecule has 3 rings (SSSR count). The van der Waals surface area contributed by atoms with Gasteiger partial charge in [0.2, 0.25) is 0 Å². The highest BCUT2D eigenvalue weighted by atomic mass is 35.5. The first-order chi connectivity index (χ1) is 10.6. The fraction of sp³-hybridized carbons (Fsp3) is 0.611. The maximum absolute atomic E-state index is 12.2. The summed E-state index contributed by atoms with van der Waals surface area (Å²) >= 11 is 5.94. The number of nitrogens with zero attached hydrogens (tertiary/aromatic N) is 1. The first-order valence-corrected chi connectivity index (χ1v) is 8.73. The molecule has 1 aromatic rings. The Morgan fingerprint density at radius 2 is 2.09 bits per heavy atom. The van der Waals surface area contributed by atoms with Gasteiger partial charge in [0.05, 0.1) is 31.7 Å². The Bertz CT molecular complexity index is 544. The first-order valence-electron chi connectivity index (χ1n) is 8.35. The number of piperidine rings is 2. The summed E-state index contributed by atoms with van der Waals surface area (Å²) in [7, 11) is 2.38. The summed E-state index contributed by atoms with van der Waals surface area (Å²) in [6.07, 6.45) is 6.35. The molecule has 1 aromatic carbocycles. The molecule has 2 saturated heterocycles. The van der Waals surface area contributed by atoms with Crippen LogP contribution in [0.5, 0.6) is 0 Å². The van der Waals surface area contributed by atoms with Crippen molar-refractivity contribution < 1.29 is 14.0 Å². The van der Waals surface area contributed by atoms with E-state index in [0.717, 1.165) is 0 Å². The molecule has 3 atom stereocenters. The molecule has 2 aliphatic rings. The summed E-state index contributed by atoms with van der Waals surface area (Å²) in [5.74, 6) is 0.250. The molecule has 4 heteroatoms. The fourth-order valence-corrected chi connectivity index (χ4v) is 4.50. The predicted molar refractivity (Wildman–Crippen MR) is 88.0 cm³/mol. The average molecular weight is 323 g/mol. The van der Waals surface area contributed by atoms with Gasteiger partial charge in [0.25, 0.3) is 0 Å². The minimum absolute atomic E-state index is 0.252. The second-order valence-corrected chi connectivity index (χ2v) is 7.44. The van der Waals surface area contributed by atoms with Gasteiger partial charge >= 0.3 is 5.97 Å². The molecule has 2 heterocycles. The first kappa shape index (κ1) is 15.8. The molecule has 120 valence electrons. The summed E-state index contributed by atoms with van der Waals surface area (Å²) < 4.78 is 6.79. The number of hydrogen-bond donors (Lipinski definition) is 0. The van der Waals surface area contributed by atoms with Crippen molar-refractivity contribution in [3.05, 3.63) is 34.9 Å². The van der Waals surface area contributed by atoms with Crippen LogP contribution in [0.15, 0.2) is 24.3 Å². The van der Waals surface area contributed by atoms with Crippen molar-refractivity contribution in [1.82, 2.24) is 0 Å². The van der Waals surface area contributed by atoms with Crippen LogP contribution in [-0.4, -0.2) is 43.2 Å². The Labute approximate surface area is 137 Å². The van der Waals surface area contributed by atoms with Crippen LogP contribution in [0, 0.1) is 5.92 Å². The van der Waals surface area contributed by atoms with E-state index >= 15 is 0 Å². The molecule has 0 aromatic heterocycles. The molecular formula is C18H25ClNO2+. The normalized spacial score (nSPS) is 31.4. The Kier molecular flexibility index (Phi) is 4.74. The summed E-state index contributed by atoms with van der Waals surface area (Å²) in [4.78, 5) is 12.2. The van der Waals surface area contributed by atoms with Crippen molar-refractivity contribution in [1.29, 1.82) is 0 Å². The maximum Gasteiger partial charge on any atom is 0.338 e. The zero-order valence-corrected chi connectivity index (χ0v) is 14.0. The van der Waals surface area contributed by atoms with Gasteiger partial charge in [0, 0.05) is 17.4 Å². The molecule has 0 bridgehead atoms. The molecule has 2 aliphatic heterocycles. The van der Waals surface area contributed by atoms with Gasteiger partial charge in [-0.05, 0) is 43.9 Å². The van der Waals surface area contributed by atoms with Gasteiger partial charge in [-0.1, -0.05) is 17.7 Å². The van der Waals surface area contributed by atoms with Crippen molar-refractivity contribution in [3.63, 3.8) is 0 Å². The monoisotopic (exact) mass is 322 g/mol. The quantitative estimate of drug-likeness (QED) is 0.623. The smallest absolute Gasteiger partial charge is 0.338 e. The minimum atomic E-state index is -0.252. The Balaban J connectivity index is 1.62. The number of esters is 1. The predicted octanol–water partition coefficient (Wildman–Crippen LogP) is 3.91. The lowest BCUT2D eigenvalue weighted by Crippen LogP contribution is -2.61. The standard InChI is InChI=1S/C18H25ClNO2/c1-20-10-3-2-9-17(20)15(7-5-11-20)13-22-18(21)14-6-4-8-16(19)12-14/h4,6,8,12,15,17H,2-3,5,7,9-11,13H2,1H3/q+1/t15-,17-,20?/m0/s1. The van der Waals surface area contributed by atoms with E-state index in [2.05, 4.69) is 7.05 Å². The third kappa shape index (κ3) is 3.31. The van der Waals surface area contributed by atoms with Crippen molar-refractivity contribution in [2.75, 3.05) is 26.7 Å². The van der Waals surface area contributed by atoms with Crippen LogP contribution in [0.4, 0.5) is 0 Å². The molecular weight excluding hydrogens is 298 g/mol. The highest BCUT2D eigenvalue weighted by molar-refractivity contribution is 6.30. The summed E-state index contributed by atoms with van der Waals surface area (Å²) in [6, 6.07) is 7.65. The largest absolute Gasteiger partial charge is 0.462 e. The van der Waals surface area contributed by atoms with E-state index in [-0.39, 0.29) is 5.97 Å². The Hall–Kier alpha value is -1.06. The lowest BCUT2D eigenvalue weighted by Gasteiger charge is -2.51. The highest BCUT2D eigenvalue weighted by Gasteiger charge is 2.43. The van der Waals surface area contributed by atoms with E-state index in [1.807, 2.05) is 0 Å². The van der Waals surface area contributed by atoms with E-state index in [1.165, 1.54) is 49.7 Å². The number of halogens is 1. The number of rotatable bonds is 3. The van der Waals surface area contributed by atoms with E-state index in [4.69, 9.17) is 16.3 Å². The second kappa shape index (κ2) is 6.59. The summed E-state index contributed by atoms with van der Waals surface area (Å²) in [5.41, 5.74) is 0.546. The number of quaternary nitrogens is 1. The molecule has 2 fully saturated rings. The molecule has 3 nitrogen and oxygen atoms in total. The fourth-order valence-electron chi connectivity index (χ4n) is 4.31. The van der Waals surface area contributed by atoms with Crippen LogP contribution in [0.25, 0.3) is 0 Å². The number of hydrogen-bond acceptors (Lipinski definition) is 2. The van der Waals surface area contributed by atoms with Crippen LogP contribution in [0.3, 0.4) is 0 Å². The van der Waals surface area contributed by atoms with Gasteiger partial charge in [-0.15, -0.1) is 0 Å². The SMILES string of the molecule is C[N+]12CCCC[C@H]1[C@H](COC(=O)c1cccc(Cl)c1)CCC2. The number of carbonyl (C=O) groups is 1. The van der Waals surface area contributed by atoms with Crippen LogP contribution in [0.1, 0.15) is 42.5 Å². The van der Waals surface area contributed by atoms with Crippen molar-refractivity contribution in [3.8, 4) is 0 Å². The lowest BCUT2D eigenvalue weighted by molar-refractivity contribution is -0.947. The van der Waals surface area contributed by atoms with Gasteiger partial charge in [-0.3, -0.25) is 0 Å². The maximum atomic E-state index is 12.2. The minimum Gasteiger partial charge on any atom is -0.462 e. The van der Waals surface area contributed by atoms with Crippen molar-refractivity contribution in [2.24, 2.45) is 5.92 Å². The van der Waals surface area contributed by atoms with Gasteiger partial charge in [-0.2, -0.15) is 0 Å². The molecule has 0 amide bonds. The zero-order valence-electron chi connectivity index (χ0n) is 13.3. The highest BCUT2D eigenvalue weighted by Crippen LogP contribution is 2.36. The van der Waals surface area contributed by atoms with Gasteiger partial charge in [0.15, 0.2) is 0 Å². The average Bonchev–Trinajstić information content (AvgIpc) is 2.51. The molecule has 0 radical (unpaired) electrons. The Morgan fingerprint density at radius 3 is 2.91 bits per heavy atom. The Morgan fingerprint density at radius 1 is 1.27 bits per heavy atom. The number of carbonyl (C=O) groups excluding carboxylic acids is 1. The van der Waals surface area contributed by atoms with E-state index < -0.39 is 0 Å². The summed E-state index contributed by atoms with van der Waals surface area (Å²) in [5, 5.41) is 0.573. The number of ether oxygens (including phenoxy) is 1. The third-order valence-corrected chi connectivity index (χ3v) is 5.73. The van der Waals surface area contributed by atoms with E-state index in [9.17, 15) is 4.79 Å². The molecule has 0 saturated carbocycles. The van der Waals surface area contributed by atoms with Crippen LogP contribution < -0.4 is 0 Å². The van der Waals surface area contributed by atoms with Crippen LogP contribution in [0.2, 0.25) is 5.02 Å². The number of benzene rings is 1. The van der Waals surface area contributed by atoms with Crippen LogP contribution in [-0.2, 0) is 4.74 Å². The second-order valence-electron chi connectivity index (χ2n) is 7.00. The molecule has 0 spiro atoms. The molecule has 0 N–H and O–H groups in total. The zero-order chi connectivity index (χ0) is 15.6. The molecule has 1 unspecified atom stereocenters. The van der Waals surface area contributed by atoms with Gasteiger partial charge in [0.1, 0.15) is 6.61 Å². The van der Waals surface area contributed by atoms with Crippen molar-refractivity contribution in [2.45, 2.75) is 38.1 Å². The van der Waals surface area contributed by atoms with E-state index in [1.54, 1.807) is 24.3 Å². The van der Waals surface area contributed by atoms with Gasteiger partial charge in [-0.25, -0.2) is 4.79 Å². The lowest BCUT2D eigenvalue weighted by atomic mass is 9.82. The molecule has 22 heavy (non-hydrogen) atoms. The van der Waals surface area contributed by atoms with Crippen molar-refractivity contribution >= 4 is 17.6 Å². The van der Waals surface area contributed by atoms with Gasteiger partial charge < -0.3 is 9.22 Å². The van der Waals surface area contributed by atoms with E-state index in [0.29, 0.717) is 29.2 Å². The third-order valence-electron chi connectivity index (χ3n) is 5.50.